The van der Waals surface area contributed by atoms with Crippen molar-refractivity contribution in [3.63, 3.8) is 0 Å². The van der Waals surface area contributed by atoms with E-state index in [0.29, 0.717) is 12.2 Å². The fourth-order valence-corrected chi connectivity index (χ4v) is 3.12. The molecule has 2 aromatic heterocycles. The predicted molar refractivity (Wildman–Crippen MR) is 80.6 cm³/mol. The van der Waals surface area contributed by atoms with E-state index in [0.717, 1.165) is 29.8 Å². The number of amides is 1. The highest BCUT2D eigenvalue weighted by Crippen LogP contribution is 2.35. The summed E-state index contributed by atoms with van der Waals surface area (Å²) in [5, 5.41) is 11.3. The SMILES string of the molecule is Cc1n[nH]c(C)c1C1CCCN1C(=O)c1ccc(=O)n(C)n1. The minimum Gasteiger partial charge on any atom is -0.330 e. The second-order valence-electron chi connectivity index (χ2n) is 5.68. The zero-order valence-electron chi connectivity index (χ0n) is 13.0. The lowest BCUT2D eigenvalue weighted by molar-refractivity contribution is 0.0726. The van der Waals surface area contributed by atoms with Gasteiger partial charge in [-0.2, -0.15) is 10.2 Å². The maximum Gasteiger partial charge on any atom is 0.274 e. The molecule has 0 aliphatic carbocycles. The molecule has 3 heterocycles. The van der Waals surface area contributed by atoms with Crippen LogP contribution in [0.5, 0.6) is 0 Å². The molecule has 0 bridgehead atoms. The zero-order valence-corrected chi connectivity index (χ0v) is 13.0. The molecule has 1 amide bonds. The van der Waals surface area contributed by atoms with Crippen molar-refractivity contribution in [3.8, 4) is 0 Å². The van der Waals surface area contributed by atoms with Gasteiger partial charge in [0.2, 0.25) is 0 Å². The number of hydrogen-bond acceptors (Lipinski definition) is 4. The zero-order chi connectivity index (χ0) is 15.9. The van der Waals surface area contributed by atoms with Gasteiger partial charge in [0.05, 0.1) is 11.7 Å². The molecule has 0 aromatic carbocycles. The molecule has 0 radical (unpaired) electrons. The number of hydrogen-bond donors (Lipinski definition) is 1. The number of aryl methyl sites for hydroxylation is 3. The van der Waals surface area contributed by atoms with Gasteiger partial charge in [-0.05, 0) is 32.8 Å². The Bertz CT molecular complexity index is 757. The highest BCUT2D eigenvalue weighted by Gasteiger charge is 2.34. The molecule has 1 aliphatic heterocycles. The van der Waals surface area contributed by atoms with Gasteiger partial charge in [-0.15, -0.1) is 0 Å². The molecule has 2 aromatic rings. The monoisotopic (exact) mass is 301 g/mol. The number of nitrogens with one attached hydrogen (secondary N) is 1. The van der Waals surface area contributed by atoms with Gasteiger partial charge in [-0.3, -0.25) is 14.7 Å². The summed E-state index contributed by atoms with van der Waals surface area (Å²) in [4.78, 5) is 26.0. The molecule has 3 rings (SSSR count). The van der Waals surface area contributed by atoms with Gasteiger partial charge in [0, 0.05) is 30.9 Å². The van der Waals surface area contributed by atoms with Gasteiger partial charge < -0.3 is 4.90 Å². The van der Waals surface area contributed by atoms with Gasteiger partial charge in [-0.25, -0.2) is 4.68 Å². The molecule has 1 fully saturated rings. The lowest BCUT2D eigenvalue weighted by Gasteiger charge is -2.25. The number of carbonyl (C=O) groups excluding carboxylic acids is 1. The maximum absolute atomic E-state index is 12.8. The Morgan fingerprint density at radius 3 is 2.77 bits per heavy atom. The molecule has 7 heteroatoms. The van der Waals surface area contributed by atoms with Gasteiger partial charge >= 0.3 is 0 Å². The lowest BCUT2D eigenvalue weighted by Crippen LogP contribution is -2.33. The molecular formula is C15H19N5O2. The van der Waals surface area contributed by atoms with Crippen molar-refractivity contribution in [2.45, 2.75) is 32.7 Å². The average molecular weight is 301 g/mol. The molecule has 7 nitrogen and oxygen atoms in total. The topological polar surface area (TPSA) is 83.9 Å². The van der Waals surface area contributed by atoms with Gasteiger partial charge in [-0.1, -0.05) is 0 Å². The van der Waals surface area contributed by atoms with E-state index in [1.54, 1.807) is 7.05 Å². The summed E-state index contributed by atoms with van der Waals surface area (Å²) in [6.07, 6.45) is 1.87. The van der Waals surface area contributed by atoms with Crippen LogP contribution in [0.1, 0.15) is 46.3 Å². The fraction of sp³-hybridized carbons (Fsp3) is 0.467. The van der Waals surface area contributed by atoms with E-state index in [1.807, 2.05) is 18.7 Å². The second kappa shape index (κ2) is 5.40. The molecule has 1 aliphatic rings. The largest absolute Gasteiger partial charge is 0.330 e. The third-order valence-electron chi connectivity index (χ3n) is 4.21. The number of aromatic nitrogens is 4. The van der Waals surface area contributed by atoms with Crippen molar-refractivity contribution in [3.05, 3.63) is 45.1 Å². The van der Waals surface area contributed by atoms with Crippen molar-refractivity contribution in [2.24, 2.45) is 7.05 Å². The average Bonchev–Trinajstić information content (AvgIpc) is 3.08. The normalized spacial score (nSPS) is 18.0. The van der Waals surface area contributed by atoms with E-state index >= 15 is 0 Å². The van der Waals surface area contributed by atoms with E-state index < -0.39 is 0 Å². The van der Waals surface area contributed by atoms with Gasteiger partial charge in [0.25, 0.3) is 11.5 Å². The van der Waals surface area contributed by atoms with Crippen LogP contribution in [0.2, 0.25) is 0 Å². The van der Waals surface area contributed by atoms with E-state index in [9.17, 15) is 9.59 Å². The van der Waals surface area contributed by atoms with Crippen LogP contribution in [-0.2, 0) is 7.05 Å². The first-order chi connectivity index (χ1) is 10.5. The summed E-state index contributed by atoms with van der Waals surface area (Å²) >= 11 is 0. The molecule has 116 valence electrons. The number of H-pyrrole nitrogens is 1. The Balaban J connectivity index is 1.94. The number of likely N-dealkylation sites (tertiary alicyclic amines) is 1. The molecule has 0 spiro atoms. The standard InChI is InChI=1S/C15H19N5O2/c1-9-14(10(2)17-16-9)12-5-4-8-20(12)15(22)11-6-7-13(21)19(3)18-11/h6-7,12H,4-5,8H2,1-3H3,(H,16,17). The van der Waals surface area contributed by atoms with Crippen LogP contribution in [-0.4, -0.2) is 37.3 Å². The number of aromatic amines is 1. The third kappa shape index (κ3) is 2.32. The van der Waals surface area contributed by atoms with Gasteiger partial charge in [0.15, 0.2) is 0 Å². The summed E-state index contributed by atoms with van der Waals surface area (Å²) in [7, 11) is 1.55. The van der Waals surface area contributed by atoms with E-state index in [4.69, 9.17) is 0 Å². The van der Waals surface area contributed by atoms with Crippen LogP contribution < -0.4 is 5.56 Å². The molecule has 1 atom stereocenters. The highest BCUT2D eigenvalue weighted by molar-refractivity contribution is 5.92. The molecular weight excluding hydrogens is 282 g/mol. The number of carbonyl (C=O) groups is 1. The summed E-state index contributed by atoms with van der Waals surface area (Å²) in [6.45, 7) is 4.61. The maximum atomic E-state index is 12.8. The smallest absolute Gasteiger partial charge is 0.274 e. The summed E-state index contributed by atoms with van der Waals surface area (Å²) in [5.74, 6) is -0.141. The van der Waals surface area contributed by atoms with Crippen molar-refractivity contribution in [1.82, 2.24) is 24.9 Å². The first-order valence-electron chi connectivity index (χ1n) is 7.36. The Kier molecular flexibility index (Phi) is 3.56. The minimum atomic E-state index is -0.226. The molecule has 1 N–H and O–H groups in total. The van der Waals surface area contributed by atoms with E-state index in [1.165, 1.54) is 16.8 Å². The first-order valence-corrected chi connectivity index (χ1v) is 7.36. The highest BCUT2D eigenvalue weighted by atomic mass is 16.2. The second-order valence-corrected chi connectivity index (χ2v) is 5.68. The van der Waals surface area contributed by atoms with E-state index in [2.05, 4.69) is 15.3 Å². The Labute approximate surface area is 128 Å². The molecule has 1 unspecified atom stereocenters. The van der Waals surface area contributed by atoms with Gasteiger partial charge in [0.1, 0.15) is 5.69 Å². The van der Waals surface area contributed by atoms with Crippen LogP contribution >= 0.6 is 0 Å². The number of nitrogens with zero attached hydrogens (tertiary/aromatic N) is 4. The van der Waals surface area contributed by atoms with Crippen molar-refractivity contribution < 1.29 is 4.79 Å². The van der Waals surface area contributed by atoms with Crippen LogP contribution in [0.3, 0.4) is 0 Å². The Morgan fingerprint density at radius 1 is 1.36 bits per heavy atom. The quantitative estimate of drug-likeness (QED) is 0.900. The van der Waals surface area contributed by atoms with Crippen LogP contribution in [0.15, 0.2) is 16.9 Å². The van der Waals surface area contributed by atoms with Crippen molar-refractivity contribution in [1.29, 1.82) is 0 Å². The fourth-order valence-electron chi connectivity index (χ4n) is 3.12. The minimum absolute atomic E-state index is 0.0188. The molecule has 22 heavy (non-hydrogen) atoms. The van der Waals surface area contributed by atoms with Crippen LogP contribution in [0.25, 0.3) is 0 Å². The predicted octanol–water partition coefficient (Wildman–Crippen LogP) is 1.10. The lowest BCUT2D eigenvalue weighted by atomic mass is 10.0. The van der Waals surface area contributed by atoms with Crippen molar-refractivity contribution in [2.75, 3.05) is 6.54 Å². The Morgan fingerprint density at radius 2 is 2.14 bits per heavy atom. The Hall–Kier alpha value is -2.44. The van der Waals surface area contributed by atoms with Crippen LogP contribution in [0, 0.1) is 13.8 Å². The third-order valence-corrected chi connectivity index (χ3v) is 4.21. The molecule has 0 saturated carbocycles. The van der Waals surface area contributed by atoms with E-state index in [-0.39, 0.29) is 17.5 Å². The summed E-state index contributed by atoms with van der Waals surface area (Å²) in [5.41, 5.74) is 3.09. The van der Waals surface area contributed by atoms with Crippen LogP contribution in [0.4, 0.5) is 0 Å². The first kappa shape index (κ1) is 14.5. The number of rotatable bonds is 2. The molecule has 1 saturated heterocycles. The summed E-state index contributed by atoms with van der Waals surface area (Å²) < 4.78 is 1.19. The summed E-state index contributed by atoms with van der Waals surface area (Å²) in [6, 6.07) is 2.89. The van der Waals surface area contributed by atoms with Crippen molar-refractivity contribution >= 4 is 5.91 Å².